The number of hydrogen-bond acceptors (Lipinski definition) is 8. The minimum absolute atomic E-state index is 0.0571. The third-order valence-electron chi connectivity index (χ3n) is 8.01. The number of rotatable bonds is 6. The van der Waals surface area contributed by atoms with Gasteiger partial charge in [-0.2, -0.15) is 0 Å². The van der Waals surface area contributed by atoms with Gasteiger partial charge in [-0.25, -0.2) is 4.79 Å². The average Bonchev–Trinajstić information content (AvgIpc) is 3.64. The van der Waals surface area contributed by atoms with E-state index in [9.17, 15) is 14.4 Å². The van der Waals surface area contributed by atoms with E-state index in [0.29, 0.717) is 22.7 Å². The number of amides is 2. The summed E-state index contributed by atoms with van der Waals surface area (Å²) in [6, 6.07) is 11.9. The Balaban J connectivity index is 1.29. The van der Waals surface area contributed by atoms with Crippen molar-refractivity contribution in [2.75, 3.05) is 25.7 Å². The van der Waals surface area contributed by atoms with Gasteiger partial charge in [0.1, 0.15) is 17.6 Å². The number of esters is 1. The number of imide groups is 1. The van der Waals surface area contributed by atoms with E-state index < -0.39 is 17.8 Å². The topological polar surface area (TPSA) is 104 Å². The number of nitrogens with zero attached hydrogens (tertiary/aromatic N) is 2. The van der Waals surface area contributed by atoms with Gasteiger partial charge in [-0.15, -0.1) is 0 Å². The lowest BCUT2D eigenvalue weighted by Gasteiger charge is -2.30. The van der Waals surface area contributed by atoms with Crippen LogP contribution in [-0.2, 0) is 19.2 Å². The maximum Gasteiger partial charge on any atom is 0.338 e. The first-order valence-electron chi connectivity index (χ1n) is 12.1. The van der Waals surface area contributed by atoms with Gasteiger partial charge >= 0.3 is 5.97 Å². The van der Waals surface area contributed by atoms with Gasteiger partial charge in [0.15, 0.2) is 0 Å². The molecule has 0 aromatic heterocycles. The average molecular weight is 491 g/mol. The van der Waals surface area contributed by atoms with Crippen molar-refractivity contribution in [3.8, 4) is 11.5 Å². The molecule has 3 fully saturated rings. The maximum atomic E-state index is 13.6. The Kier molecular flexibility index (Phi) is 5.24. The Bertz CT molecular complexity index is 1290. The lowest BCUT2D eigenvalue weighted by Crippen LogP contribution is -2.41. The number of carbonyl (C=O) groups is 3. The summed E-state index contributed by atoms with van der Waals surface area (Å²) in [5, 5.41) is 4.41. The molecular weight excluding hydrogens is 464 g/mol. The molecule has 2 aromatic rings. The van der Waals surface area contributed by atoms with Gasteiger partial charge < -0.3 is 19.0 Å². The van der Waals surface area contributed by atoms with Crippen LogP contribution in [0.15, 0.2) is 47.6 Å². The summed E-state index contributed by atoms with van der Waals surface area (Å²) in [6.45, 7) is 2.01. The van der Waals surface area contributed by atoms with Crippen LogP contribution in [0.25, 0.3) is 0 Å². The van der Waals surface area contributed by atoms with Gasteiger partial charge in [-0.05, 0) is 55.7 Å². The van der Waals surface area contributed by atoms with Crippen molar-refractivity contribution in [1.29, 1.82) is 0 Å². The molecule has 6 atom stereocenters. The molecule has 2 heterocycles. The van der Waals surface area contributed by atoms with E-state index in [-0.39, 0.29) is 42.3 Å². The zero-order valence-corrected chi connectivity index (χ0v) is 20.2. The van der Waals surface area contributed by atoms with Gasteiger partial charge in [-0.3, -0.25) is 14.5 Å². The number of benzene rings is 2. The lowest BCUT2D eigenvalue weighted by atomic mass is 9.71. The van der Waals surface area contributed by atoms with Crippen LogP contribution in [0.4, 0.5) is 5.69 Å². The molecule has 6 unspecified atom stereocenters. The highest BCUT2D eigenvalue weighted by atomic mass is 16.6. The summed E-state index contributed by atoms with van der Waals surface area (Å²) in [6.07, 6.45) is 0.496. The van der Waals surface area contributed by atoms with Crippen molar-refractivity contribution in [2.24, 2.45) is 34.7 Å². The van der Waals surface area contributed by atoms with E-state index in [4.69, 9.17) is 19.0 Å². The summed E-state index contributed by atoms with van der Waals surface area (Å²) in [7, 11) is 3.18. The molecular formula is C27H26N2O7. The molecule has 2 aromatic carbocycles. The molecule has 2 aliphatic carbocycles. The van der Waals surface area contributed by atoms with E-state index in [2.05, 4.69) is 5.16 Å². The van der Waals surface area contributed by atoms with E-state index in [1.807, 2.05) is 12.1 Å². The molecule has 186 valence electrons. The first-order chi connectivity index (χ1) is 17.5. The van der Waals surface area contributed by atoms with Crippen LogP contribution in [-0.4, -0.2) is 50.4 Å². The quantitative estimate of drug-likeness (QED) is 0.453. The second-order valence-corrected chi connectivity index (χ2v) is 9.53. The van der Waals surface area contributed by atoms with E-state index in [0.717, 1.165) is 17.7 Å². The van der Waals surface area contributed by atoms with Crippen LogP contribution in [0.3, 0.4) is 0 Å². The molecule has 2 aliphatic heterocycles. The maximum absolute atomic E-state index is 13.6. The predicted molar refractivity (Wildman–Crippen MR) is 128 cm³/mol. The summed E-state index contributed by atoms with van der Waals surface area (Å²) in [5.74, 6) is -0.661. The van der Waals surface area contributed by atoms with Gasteiger partial charge in [0.2, 0.25) is 11.8 Å². The first-order valence-corrected chi connectivity index (χ1v) is 12.1. The highest BCUT2D eigenvalue weighted by Crippen LogP contribution is 2.62. The lowest BCUT2D eigenvalue weighted by molar-refractivity contribution is -0.125. The summed E-state index contributed by atoms with van der Waals surface area (Å²) >= 11 is 0. The Morgan fingerprint density at radius 2 is 1.72 bits per heavy atom. The van der Waals surface area contributed by atoms with Crippen LogP contribution >= 0.6 is 0 Å². The Morgan fingerprint density at radius 1 is 1.00 bits per heavy atom. The minimum Gasteiger partial charge on any atom is -0.497 e. The number of ether oxygens (including phenoxy) is 3. The van der Waals surface area contributed by atoms with E-state index in [1.54, 1.807) is 51.5 Å². The van der Waals surface area contributed by atoms with Crippen LogP contribution in [0, 0.1) is 29.6 Å². The zero-order chi connectivity index (χ0) is 25.1. The predicted octanol–water partition coefficient (Wildman–Crippen LogP) is 3.06. The number of hydrogen-bond donors (Lipinski definition) is 0. The van der Waals surface area contributed by atoms with Crippen LogP contribution in [0.1, 0.15) is 29.3 Å². The molecule has 0 spiro atoms. The van der Waals surface area contributed by atoms with E-state index >= 15 is 0 Å². The zero-order valence-electron chi connectivity index (χ0n) is 20.2. The number of carbonyl (C=O) groups excluding carboxylic acids is 3. The van der Waals surface area contributed by atoms with Crippen LogP contribution in [0.5, 0.6) is 11.5 Å². The Labute approximate surface area is 207 Å². The van der Waals surface area contributed by atoms with Crippen molar-refractivity contribution in [3.05, 3.63) is 53.6 Å². The number of anilines is 1. The number of fused-ring (bicyclic) bond motifs is 8. The molecule has 2 bridgehead atoms. The fourth-order valence-electron chi connectivity index (χ4n) is 6.57. The number of oxime groups is 1. The fraction of sp³-hybridized carbons (Fsp3) is 0.407. The number of methoxy groups -OCH3 is 2. The first kappa shape index (κ1) is 22.6. The molecule has 6 rings (SSSR count). The molecule has 9 nitrogen and oxygen atoms in total. The Morgan fingerprint density at radius 3 is 2.39 bits per heavy atom. The van der Waals surface area contributed by atoms with Crippen molar-refractivity contribution in [2.45, 2.75) is 19.4 Å². The molecule has 2 saturated carbocycles. The van der Waals surface area contributed by atoms with Gasteiger partial charge in [-0.1, -0.05) is 5.16 Å². The fourth-order valence-corrected chi connectivity index (χ4v) is 6.57. The molecule has 4 aliphatic rings. The van der Waals surface area contributed by atoms with Crippen molar-refractivity contribution in [1.82, 2.24) is 0 Å². The SMILES string of the molecule is CCOC(=O)c1ccc(N2C(=O)C3C4CC(C5C(c6ccc(OC)cc6OC)=NOC45)C3C2=O)cc1. The van der Waals surface area contributed by atoms with Gasteiger partial charge in [0.05, 0.1) is 49.6 Å². The smallest absolute Gasteiger partial charge is 0.338 e. The molecule has 0 radical (unpaired) electrons. The van der Waals surface area contributed by atoms with Crippen LogP contribution < -0.4 is 14.4 Å². The van der Waals surface area contributed by atoms with E-state index in [1.165, 1.54) is 4.90 Å². The second kappa shape index (κ2) is 8.36. The summed E-state index contributed by atoms with van der Waals surface area (Å²) < 4.78 is 15.9. The molecule has 36 heavy (non-hydrogen) atoms. The minimum atomic E-state index is -0.441. The Hall–Kier alpha value is -3.88. The highest BCUT2D eigenvalue weighted by Gasteiger charge is 2.70. The molecule has 9 heteroatoms. The van der Waals surface area contributed by atoms with Crippen molar-refractivity contribution >= 4 is 29.2 Å². The third kappa shape index (κ3) is 3.08. The molecule has 2 amide bonds. The largest absolute Gasteiger partial charge is 0.497 e. The van der Waals surface area contributed by atoms with Crippen LogP contribution in [0.2, 0.25) is 0 Å². The second-order valence-electron chi connectivity index (χ2n) is 9.53. The van der Waals surface area contributed by atoms with Crippen molar-refractivity contribution in [3.63, 3.8) is 0 Å². The van der Waals surface area contributed by atoms with Crippen molar-refractivity contribution < 1.29 is 33.4 Å². The van der Waals surface area contributed by atoms with Gasteiger partial charge in [0.25, 0.3) is 0 Å². The monoisotopic (exact) mass is 490 g/mol. The summed E-state index contributed by atoms with van der Waals surface area (Å²) in [5.41, 5.74) is 2.39. The third-order valence-corrected chi connectivity index (χ3v) is 8.01. The highest BCUT2D eigenvalue weighted by molar-refractivity contribution is 6.23. The summed E-state index contributed by atoms with van der Waals surface area (Å²) in [4.78, 5) is 46.3. The van der Waals surface area contributed by atoms with Gasteiger partial charge in [0, 0.05) is 23.5 Å². The standard InChI is InChI=1S/C27H26N2O7/c1-4-35-27(32)13-5-7-14(8-6-13)29-25(30)20-17-12-18(21(20)26(29)31)24-22(17)23(28-36-24)16-10-9-15(33-2)11-19(16)34-3/h5-11,17-18,20-22,24H,4,12H2,1-3H3. The molecule has 1 saturated heterocycles. The normalized spacial score (nSPS) is 29.5. The molecule has 0 N–H and O–H groups in total.